The van der Waals surface area contributed by atoms with Gasteiger partial charge in [0.1, 0.15) is 0 Å². The van der Waals surface area contributed by atoms with Crippen molar-refractivity contribution in [1.29, 1.82) is 0 Å². The van der Waals surface area contributed by atoms with Crippen molar-refractivity contribution in [3.8, 4) is 0 Å². The van der Waals surface area contributed by atoms with Gasteiger partial charge in [-0.05, 0) is 6.92 Å². The Labute approximate surface area is 85.1 Å². The second-order valence-electron chi connectivity index (χ2n) is 2.91. The van der Waals surface area contributed by atoms with E-state index in [-0.39, 0.29) is 18.8 Å². The highest BCUT2D eigenvalue weighted by molar-refractivity contribution is 4.71. The van der Waals surface area contributed by atoms with Crippen molar-refractivity contribution < 1.29 is 19.3 Å². The highest BCUT2D eigenvalue weighted by Gasteiger charge is 2.16. The Kier molecular flexibility index (Phi) is 9.23. The molecule has 0 fully saturated rings. The van der Waals surface area contributed by atoms with Gasteiger partial charge in [0.2, 0.25) is 0 Å². The molecule has 0 radical (unpaired) electrons. The van der Waals surface area contributed by atoms with Crippen LogP contribution in [-0.2, 0) is 14.2 Å². The summed E-state index contributed by atoms with van der Waals surface area (Å²) in [6.07, 6.45) is -0.379. The second-order valence-corrected chi connectivity index (χ2v) is 2.91. The molecule has 0 saturated heterocycles. The van der Waals surface area contributed by atoms with Crippen LogP contribution in [0.2, 0.25) is 0 Å². The van der Waals surface area contributed by atoms with E-state index in [9.17, 15) is 0 Å². The molecule has 0 aliphatic heterocycles. The van der Waals surface area contributed by atoms with Crippen LogP contribution in [-0.4, -0.2) is 57.4 Å². The van der Waals surface area contributed by atoms with E-state index < -0.39 is 0 Å². The normalized spacial score (nSPS) is 15.4. The van der Waals surface area contributed by atoms with Crippen LogP contribution in [0.3, 0.4) is 0 Å². The Morgan fingerprint density at radius 3 is 2.57 bits per heavy atom. The number of aliphatic hydroxyl groups excluding tert-OH is 1. The summed E-state index contributed by atoms with van der Waals surface area (Å²) in [6, 6.07) is -0.299. The molecule has 86 valence electrons. The lowest BCUT2D eigenvalue weighted by Crippen LogP contribution is -2.43. The van der Waals surface area contributed by atoms with Gasteiger partial charge in [-0.15, -0.1) is 0 Å². The fourth-order valence-electron chi connectivity index (χ4n) is 1.01. The number of methoxy groups -OCH3 is 1. The molecule has 2 unspecified atom stereocenters. The lowest BCUT2D eigenvalue weighted by Gasteiger charge is -2.21. The van der Waals surface area contributed by atoms with Crippen molar-refractivity contribution in [3.05, 3.63) is 0 Å². The van der Waals surface area contributed by atoms with E-state index in [1.807, 2.05) is 6.92 Å². The van der Waals surface area contributed by atoms with Gasteiger partial charge in [0.15, 0.2) is 0 Å². The monoisotopic (exact) mass is 207 g/mol. The number of rotatable bonds is 9. The lowest BCUT2D eigenvalue weighted by atomic mass is 10.2. The van der Waals surface area contributed by atoms with Crippen molar-refractivity contribution in [2.45, 2.75) is 19.1 Å². The summed E-state index contributed by atoms with van der Waals surface area (Å²) in [7, 11) is 1.56. The number of hydrogen-bond acceptors (Lipinski definition) is 5. The third kappa shape index (κ3) is 6.28. The maximum atomic E-state index is 8.98. The number of nitrogens with two attached hydrogens (primary N) is 1. The van der Waals surface area contributed by atoms with E-state index in [0.29, 0.717) is 26.4 Å². The van der Waals surface area contributed by atoms with Crippen molar-refractivity contribution in [3.63, 3.8) is 0 Å². The Morgan fingerprint density at radius 1 is 1.36 bits per heavy atom. The first kappa shape index (κ1) is 13.8. The maximum Gasteiger partial charge on any atom is 0.0979 e. The maximum absolute atomic E-state index is 8.98. The first-order valence-electron chi connectivity index (χ1n) is 4.81. The molecule has 0 aromatic heterocycles. The number of ether oxygens (including phenoxy) is 3. The minimum atomic E-state index is -0.379. The Bertz CT molecular complexity index is 123. The van der Waals surface area contributed by atoms with Crippen LogP contribution in [0.4, 0.5) is 0 Å². The van der Waals surface area contributed by atoms with Gasteiger partial charge in [-0.2, -0.15) is 0 Å². The van der Waals surface area contributed by atoms with Crippen LogP contribution < -0.4 is 5.73 Å². The zero-order valence-corrected chi connectivity index (χ0v) is 8.94. The van der Waals surface area contributed by atoms with E-state index in [0.717, 1.165) is 0 Å². The zero-order chi connectivity index (χ0) is 10.8. The molecule has 14 heavy (non-hydrogen) atoms. The molecule has 0 aliphatic rings. The van der Waals surface area contributed by atoms with E-state index in [4.69, 9.17) is 25.1 Å². The van der Waals surface area contributed by atoms with Gasteiger partial charge in [0.25, 0.3) is 0 Å². The van der Waals surface area contributed by atoms with Gasteiger partial charge in [-0.3, -0.25) is 0 Å². The molecule has 0 amide bonds. The summed E-state index contributed by atoms with van der Waals surface area (Å²) < 4.78 is 15.3. The lowest BCUT2D eigenvalue weighted by molar-refractivity contribution is -0.0391. The Hall–Kier alpha value is -0.200. The van der Waals surface area contributed by atoms with Gasteiger partial charge < -0.3 is 25.1 Å². The van der Waals surface area contributed by atoms with Crippen LogP contribution >= 0.6 is 0 Å². The molecule has 5 nitrogen and oxygen atoms in total. The highest BCUT2D eigenvalue weighted by atomic mass is 16.5. The third-order valence-electron chi connectivity index (χ3n) is 1.78. The van der Waals surface area contributed by atoms with Crippen LogP contribution in [0.15, 0.2) is 0 Å². The molecule has 0 aliphatic carbocycles. The first-order chi connectivity index (χ1) is 6.76. The summed E-state index contributed by atoms with van der Waals surface area (Å²) in [5.41, 5.74) is 5.70. The van der Waals surface area contributed by atoms with Crippen molar-refractivity contribution in [2.24, 2.45) is 5.73 Å². The number of aliphatic hydroxyl groups is 1. The van der Waals surface area contributed by atoms with E-state index in [1.54, 1.807) is 7.11 Å². The zero-order valence-electron chi connectivity index (χ0n) is 8.94. The largest absolute Gasteiger partial charge is 0.394 e. The van der Waals surface area contributed by atoms with Gasteiger partial charge in [-0.25, -0.2) is 0 Å². The van der Waals surface area contributed by atoms with Gasteiger partial charge in [0.05, 0.1) is 38.6 Å². The predicted octanol–water partition coefficient (Wildman–Crippen LogP) is -0.626. The standard InChI is InChI=1S/C9H21NO4/c1-3-13-4-5-14-9(6-11)8(10)7-12-2/h8-9,11H,3-7,10H2,1-2H3. The minimum absolute atomic E-state index is 0.101. The molecule has 5 heteroatoms. The van der Waals surface area contributed by atoms with Crippen LogP contribution in [0, 0.1) is 0 Å². The van der Waals surface area contributed by atoms with E-state index in [1.165, 1.54) is 0 Å². The minimum Gasteiger partial charge on any atom is -0.394 e. The second kappa shape index (κ2) is 9.36. The van der Waals surface area contributed by atoms with Gasteiger partial charge in [0, 0.05) is 13.7 Å². The Morgan fingerprint density at radius 2 is 2.07 bits per heavy atom. The summed E-state index contributed by atoms with van der Waals surface area (Å²) in [4.78, 5) is 0. The summed E-state index contributed by atoms with van der Waals surface area (Å²) in [6.45, 7) is 3.82. The first-order valence-corrected chi connectivity index (χ1v) is 4.81. The quantitative estimate of drug-likeness (QED) is 0.493. The van der Waals surface area contributed by atoms with Crippen molar-refractivity contribution >= 4 is 0 Å². The van der Waals surface area contributed by atoms with Crippen molar-refractivity contribution in [1.82, 2.24) is 0 Å². The van der Waals surface area contributed by atoms with Crippen molar-refractivity contribution in [2.75, 3.05) is 40.1 Å². The Balaban J connectivity index is 3.56. The molecule has 0 saturated carbocycles. The number of hydrogen-bond donors (Lipinski definition) is 2. The third-order valence-corrected chi connectivity index (χ3v) is 1.78. The van der Waals surface area contributed by atoms with Crippen LogP contribution in [0.25, 0.3) is 0 Å². The molecular formula is C9H21NO4. The SMILES string of the molecule is CCOCCOC(CO)C(N)COC. The summed E-state index contributed by atoms with van der Waals surface area (Å²) >= 11 is 0. The molecule has 0 bridgehead atoms. The molecule has 0 heterocycles. The molecule has 0 spiro atoms. The smallest absolute Gasteiger partial charge is 0.0979 e. The fourth-order valence-corrected chi connectivity index (χ4v) is 1.01. The summed E-state index contributed by atoms with van der Waals surface area (Å²) in [5.74, 6) is 0. The van der Waals surface area contributed by atoms with Crippen LogP contribution in [0.1, 0.15) is 6.92 Å². The molecule has 0 aromatic rings. The van der Waals surface area contributed by atoms with E-state index in [2.05, 4.69) is 0 Å². The average Bonchev–Trinajstić information content (AvgIpc) is 2.18. The summed E-state index contributed by atoms with van der Waals surface area (Å²) in [5, 5.41) is 8.98. The molecule has 0 aromatic carbocycles. The molecule has 3 N–H and O–H groups in total. The van der Waals surface area contributed by atoms with Gasteiger partial charge in [-0.1, -0.05) is 0 Å². The topological polar surface area (TPSA) is 73.9 Å². The predicted molar refractivity (Wildman–Crippen MR) is 53.2 cm³/mol. The van der Waals surface area contributed by atoms with Gasteiger partial charge >= 0.3 is 0 Å². The molecular weight excluding hydrogens is 186 g/mol. The fraction of sp³-hybridized carbons (Fsp3) is 1.00. The highest BCUT2D eigenvalue weighted by Crippen LogP contribution is 1.97. The average molecular weight is 207 g/mol. The molecule has 2 atom stereocenters. The molecule has 0 rings (SSSR count). The van der Waals surface area contributed by atoms with Crippen LogP contribution in [0.5, 0.6) is 0 Å². The van der Waals surface area contributed by atoms with E-state index >= 15 is 0 Å².